The summed E-state index contributed by atoms with van der Waals surface area (Å²) in [5.41, 5.74) is 3.60. The van der Waals surface area contributed by atoms with Gasteiger partial charge in [0.25, 0.3) is 5.91 Å². The molecule has 0 aromatic heterocycles. The van der Waals surface area contributed by atoms with Gasteiger partial charge >= 0.3 is 11.8 Å². The van der Waals surface area contributed by atoms with E-state index in [9.17, 15) is 14.4 Å². The van der Waals surface area contributed by atoms with E-state index in [-0.39, 0.29) is 6.61 Å². The molecule has 3 N–H and O–H groups in total. The van der Waals surface area contributed by atoms with Gasteiger partial charge in [-0.25, -0.2) is 5.43 Å². The molecule has 3 aromatic carbocycles. The third kappa shape index (κ3) is 9.30. The fourth-order valence-corrected chi connectivity index (χ4v) is 4.41. The van der Waals surface area contributed by atoms with Gasteiger partial charge in [0.15, 0.2) is 18.1 Å². The minimum Gasteiger partial charge on any atom is -0.497 e. The lowest BCUT2D eigenvalue weighted by molar-refractivity contribution is -0.136. The maximum Gasteiger partial charge on any atom is 0.329 e. The molecule has 13 heteroatoms. The molecule has 0 atom stereocenters. The SMILES string of the molecule is CCOc1cc(/C=N\NC(=O)C(=O)Nc2ccc(OC)cc2)cc(I)c1OCC(=O)Nc1cc(Cl)cc(Cl)c1. The summed E-state index contributed by atoms with van der Waals surface area (Å²) >= 11 is 14.0. The van der Waals surface area contributed by atoms with Crippen molar-refractivity contribution in [2.24, 2.45) is 5.10 Å². The molecule has 204 valence electrons. The van der Waals surface area contributed by atoms with Gasteiger partial charge in [-0.1, -0.05) is 23.2 Å². The molecule has 10 nitrogen and oxygen atoms in total. The van der Waals surface area contributed by atoms with E-state index in [0.29, 0.717) is 54.4 Å². The number of benzene rings is 3. The number of methoxy groups -OCH3 is 1. The van der Waals surface area contributed by atoms with E-state index in [2.05, 4.69) is 21.2 Å². The van der Waals surface area contributed by atoms with Gasteiger partial charge in [0.05, 0.1) is 23.5 Å². The Morgan fingerprint density at radius 3 is 2.26 bits per heavy atom. The highest BCUT2D eigenvalue weighted by Crippen LogP contribution is 2.34. The Hall–Kier alpha value is -3.55. The molecule has 39 heavy (non-hydrogen) atoms. The average Bonchev–Trinajstić information content (AvgIpc) is 2.88. The van der Waals surface area contributed by atoms with Crippen LogP contribution in [0.15, 0.2) is 59.7 Å². The molecule has 0 aliphatic heterocycles. The monoisotopic (exact) mass is 684 g/mol. The predicted octanol–water partition coefficient (Wildman–Crippen LogP) is 5.11. The number of ether oxygens (including phenoxy) is 3. The number of nitrogens with zero attached hydrogens (tertiary/aromatic N) is 1. The fourth-order valence-electron chi connectivity index (χ4n) is 3.10. The molecule has 0 spiro atoms. The highest BCUT2D eigenvalue weighted by molar-refractivity contribution is 14.1. The Labute approximate surface area is 248 Å². The lowest BCUT2D eigenvalue weighted by Crippen LogP contribution is -2.32. The average molecular weight is 685 g/mol. The second-order valence-electron chi connectivity index (χ2n) is 7.64. The van der Waals surface area contributed by atoms with Gasteiger partial charge in [-0.2, -0.15) is 5.10 Å². The molecule has 3 aromatic rings. The molecule has 0 aliphatic carbocycles. The van der Waals surface area contributed by atoms with E-state index in [0.717, 1.165) is 0 Å². The molecule has 0 radical (unpaired) electrons. The van der Waals surface area contributed by atoms with Crippen molar-refractivity contribution in [3.63, 3.8) is 0 Å². The van der Waals surface area contributed by atoms with Crippen molar-refractivity contribution in [2.75, 3.05) is 31.0 Å². The molecule has 0 fully saturated rings. The number of amides is 3. The molecule has 0 bridgehead atoms. The van der Waals surface area contributed by atoms with Crippen LogP contribution in [0.1, 0.15) is 12.5 Å². The lowest BCUT2D eigenvalue weighted by atomic mass is 10.2. The molecule has 0 saturated carbocycles. The normalized spacial score (nSPS) is 10.6. The van der Waals surface area contributed by atoms with Crippen LogP contribution >= 0.6 is 45.8 Å². The number of halogens is 3. The minimum atomic E-state index is -0.950. The van der Waals surface area contributed by atoms with Crippen molar-refractivity contribution in [1.29, 1.82) is 0 Å². The third-order valence-electron chi connectivity index (χ3n) is 4.76. The molecule has 3 rings (SSSR count). The predicted molar refractivity (Wildman–Crippen MR) is 158 cm³/mol. The van der Waals surface area contributed by atoms with Crippen molar-refractivity contribution in [3.05, 3.63) is 73.8 Å². The Kier molecular flexibility index (Phi) is 11.2. The van der Waals surface area contributed by atoms with Crippen molar-refractivity contribution in [3.8, 4) is 17.2 Å². The molecular weight excluding hydrogens is 662 g/mol. The third-order valence-corrected chi connectivity index (χ3v) is 6.00. The number of hydrogen-bond donors (Lipinski definition) is 3. The van der Waals surface area contributed by atoms with Gasteiger partial charge in [-0.3, -0.25) is 14.4 Å². The van der Waals surface area contributed by atoms with E-state index >= 15 is 0 Å². The van der Waals surface area contributed by atoms with Crippen LogP contribution < -0.4 is 30.3 Å². The summed E-state index contributed by atoms with van der Waals surface area (Å²) in [6.45, 7) is 1.84. The summed E-state index contributed by atoms with van der Waals surface area (Å²) in [6, 6.07) is 14.5. The molecule has 0 unspecified atom stereocenters. The first kappa shape index (κ1) is 30.0. The van der Waals surface area contributed by atoms with Crippen LogP contribution in [0.2, 0.25) is 10.0 Å². The van der Waals surface area contributed by atoms with Crippen LogP contribution in [-0.2, 0) is 14.4 Å². The lowest BCUT2D eigenvalue weighted by Gasteiger charge is -2.14. The summed E-state index contributed by atoms with van der Waals surface area (Å²) in [4.78, 5) is 36.6. The number of carbonyl (C=O) groups is 3. The Morgan fingerprint density at radius 1 is 0.923 bits per heavy atom. The van der Waals surface area contributed by atoms with Crippen LogP contribution in [0.5, 0.6) is 17.2 Å². The van der Waals surface area contributed by atoms with Gasteiger partial charge in [0.1, 0.15) is 5.75 Å². The standard InChI is InChI=1S/C26H23Cl2IN4O6/c1-3-38-22-9-15(13-30-33-26(36)25(35)32-18-4-6-20(37-2)7-5-18)8-21(29)24(22)39-14-23(34)31-19-11-16(27)10-17(28)12-19/h4-13H,3,14H2,1-2H3,(H,31,34)(H,32,35)(H,33,36)/b30-13-. The molecule has 3 amide bonds. The minimum absolute atomic E-state index is 0.299. The maximum atomic E-state index is 12.4. The van der Waals surface area contributed by atoms with Crippen LogP contribution in [-0.4, -0.2) is 44.3 Å². The summed E-state index contributed by atoms with van der Waals surface area (Å²) in [5.74, 6) is -0.916. The van der Waals surface area contributed by atoms with Crippen LogP contribution in [0.25, 0.3) is 0 Å². The van der Waals surface area contributed by atoms with Gasteiger partial charge in [0, 0.05) is 21.4 Å². The Morgan fingerprint density at radius 2 is 1.62 bits per heavy atom. The van der Waals surface area contributed by atoms with E-state index in [1.807, 2.05) is 22.6 Å². The number of carbonyl (C=O) groups excluding carboxylic acids is 3. The summed E-state index contributed by atoms with van der Waals surface area (Å²) in [5, 5.41) is 9.75. The van der Waals surface area contributed by atoms with Crippen LogP contribution in [0.3, 0.4) is 0 Å². The van der Waals surface area contributed by atoms with E-state index in [1.165, 1.54) is 13.3 Å². The van der Waals surface area contributed by atoms with Crippen molar-refractivity contribution in [1.82, 2.24) is 5.43 Å². The topological polar surface area (TPSA) is 127 Å². The Bertz CT molecular complexity index is 1370. The first-order chi connectivity index (χ1) is 18.7. The van der Waals surface area contributed by atoms with Crippen molar-refractivity contribution in [2.45, 2.75) is 6.92 Å². The largest absolute Gasteiger partial charge is 0.497 e. The van der Waals surface area contributed by atoms with Crippen LogP contribution in [0, 0.1) is 3.57 Å². The fraction of sp³-hybridized carbons (Fsp3) is 0.154. The number of anilines is 2. The Balaban J connectivity index is 1.60. The zero-order valence-corrected chi connectivity index (χ0v) is 24.4. The van der Waals surface area contributed by atoms with Gasteiger partial charge in [0.2, 0.25) is 0 Å². The number of nitrogens with one attached hydrogen (secondary N) is 3. The second kappa shape index (κ2) is 14.6. The van der Waals surface area contributed by atoms with Gasteiger partial charge in [-0.05, 0) is 89.7 Å². The molecule has 0 heterocycles. The quantitative estimate of drug-likeness (QED) is 0.118. The van der Waals surface area contributed by atoms with Crippen molar-refractivity contribution >= 4 is 81.1 Å². The van der Waals surface area contributed by atoms with E-state index in [1.54, 1.807) is 61.5 Å². The summed E-state index contributed by atoms with van der Waals surface area (Å²) in [7, 11) is 1.53. The molecular formula is C26H23Cl2IN4O6. The zero-order valence-electron chi connectivity index (χ0n) is 20.7. The first-order valence-electron chi connectivity index (χ1n) is 11.3. The number of rotatable bonds is 10. The van der Waals surface area contributed by atoms with Gasteiger partial charge < -0.3 is 24.8 Å². The highest BCUT2D eigenvalue weighted by atomic mass is 127. The van der Waals surface area contributed by atoms with Crippen molar-refractivity contribution < 1.29 is 28.6 Å². The number of hydrazone groups is 1. The zero-order chi connectivity index (χ0) is 28.4. The van der Waals surface area contributed by atoms with E-state index < -0.39 is 17.7 Å². The van der Waals surface area contributed by atoms with Gasteiger partial charge in [-0.15, -0.1) is 0 Å². The molecule has 0 saturated heterocycles. The number of hydrogen-bond acceptors (Lipinski definition) is 7. The molecule has 0 aliphatic rings. The first-order valence-corrected chi connectivity index (χ1v) is 13.2. The smallest absolute Gasteiger partial charge is 0.329 e. The van der Waals surface area contributed by atoms with E-state index in [4.69, 9.17) is 37.4 Å². The van der Waals surface area contributed by atoms with Crippen LogP contribution in [0.4, 0.5) is 11.4 Å². The summed E-state index contributed by atoms with van der Waals surface area (Å²) < 4.78 is 17.1. The second-order valence-corrected chi connectivity index (χ2v) is 9.67. The highest BCUT2D eigenvalue weighted by Gasteiger charge is 2.15. The maximum absolute atomic E-state index is 12.4. The summed E-state index contributed by atoms with van der Waals surface area (Å²) in [6.07, 6.45) is 1.35.